The monoisotopic (exact) mass is 345 g/mol. The maximum atomic E-state index is 9.56. The number of rotatable bonds is 6. The van der Waals surface area contributed by atoms with Crippen molar-refractivity contribution in [2.24, 2.45) is 11.8 Å². The van der Waals surface area contributed by atoms with Gasteiger partial charge < -0.3 is 4.74 Å². The number of nitriles is 1. The Kier molecular flexibility index (Phi) is 5.48. The first-order chi connectivity index (χ1) is 12.6. The second kappa shape index (κ2) is 7.97. The van der Waals surface area contributed by atoms with Gasteiger partial charge in [0.1, 0.15) is 11.8 Å². The molecule has 0 saturated heterocycles. The molecule has 132 valence electrons. The van der Waals surface area contributed by atoms with Gasteiger partial charge in [0.2, 0.25) is 0 Å². The van der Waals surface area contributed by atoms with E-state index in [-0.39, 0.29) is 0 Å². The van der Waals surface area contributed by atoms with Crippen LogP contribution in [0.25, 0.3) is 22.0 Å². The van der Waals surface area contributed by atoms with E-state index in [1.807, 2.05) is 36.5 Å². The summed E-state index contributed by atoms with van der Waals surface area (Å²) in [4.78, 5) is 8.57. The maximum absolute atomic E-state index is 9.56. The van der Waals surface area contributed by atoms with Crippen LogP contribution in [-0.2, 0) is 0 Å². The van der Waals surface area contributed by atoms with Crippen LogP contribution in [0.5, 0.6) is 5.75 Å². The van der Waals surface area contributed by atoms with Gasteiger partial charge in [0.05, 0.1) is 17.7 Å². The SMILES string of the molecule is CC(C)C[C@@H](C)COc1ccc(-c2ccnc3ccncc23)cc1C#N. The van der Waals surface area contributed by atoms with Crippen molar-refractivity contribution in [2.75, 3.05) is 6.61 Å². The van der Waals surface area contributed by atoms with Gasteiger partial charge in [0.15, 0.2) is 0 Å². The highest BCUT2D eigenvalue weighted by Crippen LogP contribution is 2.30. The third kappa shape index (κ3) is 4.00. The molecule has 0 unspecified atom stereocenters. The minimum atomic E-state index is 0.455. The zero-order valence-corrected chi connectivity index (χ0v) is 15.4. The summed E-state index contributed by atoms with van der Waals surface area (Å²) in [5, 5.41) is 10.5. The average Bonchev–Trinajstić information content (AvgIpc) is 2.65. The summed E-state index contributed by atoms with van der Waals surface area (Å²) >= 11 is 0. The molecular weight excluding hydrogens is 322 g/mol. The Labute approximate surface area is 154 Å². The van der Waals surface area contributed by atoms with E-state index in [0.29, 0.717) is 29.8 Å². The lowest BCUT2D eigenvalue weighted by Crippen LogP contribution is -2.11. The lowest BCUT2D eigenvalue weighted by molar-refractivity contribution is 0.238. The first-order valence-electron chi connectivity index (χ1n) is 8.94. The van der Waals surface area contributed by atoms with Crippen molar-refractivity contribution in [3.05, 3.63) is 54.5 Å². The predicted molar refractivity (Wildman–Crippen MR) is 104 cm³/mol. The number of pyridine rings is 2. The van der Waals surface area contributed by atoms with Crippen LogP contribution in [0, 0.1) is 23.2 Å². The lowest BCUT2D eigenvalue weighted by Gasteiger charge is -2.16. The quantitative estimate of drug-likeness (QED) is 0.614. The average molecular weight is 345 g/mol. The molecule has 1 atom stereocenters. The van der Waals surface area contributed by atoms with Crippen molar-refractivity contribution in [3.8, 4) is 22.9 Å². The highest BCUT2D eigenvalue weighted by molar-refractivity contribution is 5.93. The molecular formula is C22H23N3O. The fourth-order valence-corrected chi connectivity index (χ4v) is 3.26. The van der Waals surface area contributed by atoms with E-state index in [1.54, 1.807) is 12.4 Å². The number of nitrogens with zero attached hydrogens (tertiary/aromatic N) is 3. The summed E-state index contributed by atoms with van der Waals surface area (Å²) in [7, 11) is 0. The molecule has 0 bridgehead atoms. The molecule has 1 aromatic carbocycles. The van der Waals surface area contributed by atoms with Crippen LogP contribution in [-0.4, -0.2) is 16.6 Å². The Morgan fingerprint density at radius 2 is 1.96 bits per heavy atom. The molecule has 26 heavy (non-hydrogen) atoms. The third-order valence-electron chi connectivity index (χ3n) is 4.35. The van der Waals surface area contributed by atoms with Crippen molar-refractivity contribution in [1.29, 1.82) is 5.26 Å². The van der Waals surface area contributed by atoms with Gasteiger partial charge in [-0.15, -0.1) is 0 Å². The summed E-state index contributed by atoms with van der Waals surface area (Å²) in [6.07, 6.45) is 6.43. The molecule has 2 aromatic heterocycles. The van der Waals surface area contributed by atoms with E-state index in [1.165, 1.54) is 0 Å². The van der Waals surface area contributed by atoms with Gasteiger partial charge in [-0.25, -0.2) is 0 Å². The van der Waals surface area contributed by atoms with Gasteiger partial charge in [-0.3, -0.25) is 9.97 Å². The molecule has 0 radical (unpaired) electrons. The number of aromatic nitrogens is 2. The Morgan fingerprint density at radius 3 is 2.73 bits per heavy atom. The van der Waals surface area contributed by atoms with Crippen LogP contribution in [0.4, 0.5) is 0 Å². The maximum Gasteiger partial charge on any atom is 0.137 e. The molecule has 0 amide bonds. The van der Waals surface area contributed by atoms with Crippen LogP contribution in [0.3, 0.4) is 0 Å². The second-order valence-electron chi connectivity index (χ2n) is 7.12. The third-order valence-corrected chi connectivity index (χ3v) is 4.35. The molecule has 0 aliphatic rings. The zero-order valence-electron chi connectivity index (χ0n) is 15.4. The first-order valence-corrected chi connectivity index (χ1v) is 8.94. The van der Waals surface area contributed by atoms with Crippen LogP contribution in [0.2, 0.25) is 0 Å². The molecule has 0 aliphatic carbocycles. The van der Waals surface area contributed by atoms with Gasteiger partial charge in [0, 0.05) is 24.0 Å². The van der Waals surface area contributed by atoms with Crippen molar-refractivity contribution in [2.45, 2.75) is 27.2 Å². The van der Waals surface area contributed by atoms with Gasteiger partial charge in [0.25, 0.3) is 0 Å². The van der Waals surface area contributed by atoms with Crippen LogP contribution < -0.4 is 4.74 Å². The molecule has 0 spiro atoms. The molecule has 2 heterocycles. The summed E-state index contributed by atoms with van der Waals surface area (Å²) in [6, 6.07) is 11.9. The number of ether oxygens (including phenoxy) is 1. The highest BCUT2D eigenvalue weighted by Gasteiger charge is 2.11. The fraction of sp³-hybridized carbons (Fsp3) is 0.318. The first kappa shape index (κ1) is 17.9. The Hall–Kier alpha value is -2.93. The minimum Gasteiger partial charge on any atom is -0.492 e. The smallest absolute Gasteiger partial charge is 0.137 e. The fourth-order valence-electron chi connectivity index (χ4n) is 3.26. The normalized spacial score (nSPS) is 12.1. The Bertz CT molecular complexity index is 938. The van der Waals surface area contributed by atoms with Crippen LogP contribution in [0.15, 0.2) is 48.9 Å². The number of hydrogen-bond acceptors (Lipinski definition) is 4. The largest absolute Gasteiger partial charge is 0.492 e. The standard InChI is InChI=1S/C22H23N3O/c1-15(2)10-16(3)14-26-22-5-4-17(11-18(22)12-23)19-6-9-25-21-7-8-24-13-20(19)21/h4-9,11,13,15-16H,10,14H2,1-3H3/t16-/m1/s1. The summed E-state index contributed by atoms with van der Waals surface area (Å²) in [5.41, 5.74) is 3.41. The highest BCUT2D eigenvalue weighted by atomic mass is 16.5. The Morgan fingerprint density at radius 1 is 1.12 bits per heavy atom. The minimum absolute atomic E-state index is 0.455. The summed E-state index contributed by atoms with van der Waals surface area (Å²) < 4.78 is 5.92. The second-order valence-corrected chi connectivity index (χ2v) is 7.12. The van der Waals surface area contributed by atoms with Gasteiger partial charge in [-0.05, 0) is 53.6 Å². The van der Waals surface area contributed by atoms with E-state index in [2.05, 4.69) is 36.8 Å². The van der Waals surface area contributed by atoms with E-state index >= 15 is 0 Å². The van der Waals surface area contributed by atoms with E-state index in [4.69, 9.17) is 4.74 Å². The molecule has 3 rings (SSSR count). The number of benzene rings is 1. The molecule has 0 aliphatic heterocycles. The zero-order chi connectivity index (χ0) is 18.5. The number of fused-ring (bicyclic) bond motifs is 1. The molecule has 4 heteroatoms. The van der Waals surface area contributed by atoms with E-state index < -0.39 is 0 Å². The van der Waals surface area contributed by atoms with Gasteiger partial charge in [-0.2, -0.15) is 5.26 Å². The van der Waals surface area contributed by atoms with Gasteiger partial charge in [-0.1, -0.05) is 26.8 Å². The number of hydrogen-bond donors (Lipinski definition) is 0. The van der Waals surface area contributed by atoms with Crippen molar-refractivity contribution < 1.29 is 4.74 Å². The molecule has 0 N–H and O–H groups in total. The predicted octanol–water partition coefficient (Wildman–Crippen LogP) is 5.23. The topological polar surface area (TPSA) is 58.8 Å². The van der Waals surface area contributed by atoms with E-state index in [0.717, 1.165) is 28.5 Å². The van der Waals surface area contributed by atoms with E-state index in [9.17, 15) is 5.26 Å². The lowest BCUT2D eigenvalue weighted by atomic mass is 9.99. The van der Waals surface area contributed by atoms with Crippen LogP contribution in [0.1, 0.15) is 32.8 Å². The van der Waals surface area contributed by atoms with Gasteiger partial charge >= 0.3 is 0 Å². The molecule has 0 fully saturated rings. The van der Waals surface area contributed by atoms with Crippen molar-refractivity contribution >= 4 is 10.9 Å². The van der Waals surface area contributed by atoms with Crippen molar-refractivity contribution in [1.82, 2.24) is 9.97 Å². The molecule has 3 aromatic rings. The molecule has 0 saturated carbocycles. The van der Waals surface area contributed by atoms with Crippen molar-refractivity contribution in [3.63, 3.8) is 0 Å². The van der Waals surface area contributed by atoms with Crippen LogP contribution >= 0.6 is 0 Å². The summed E-state index contributed by atoms with van der Waals surface area (Å²) in [5.74, 6) is 1.74. The summed E-state index contributed by atoms with van der Waals surface area (Å²) in [6.45, 7) is 7.21. The Balaban J connectivity index is 1.88. The molecule has 4 nitrogen and oxygen atoms in total.